The van der Waals surface area contributed by atoms with E-state index in [-0.39, 0.29) is 5.97 Å². The van der Waals surface area contributed by atoms with Gasteiger partial charge in [-0.05, 0) is 19.8 Å². The van der Waals surface area contributed by atoms with E-state index in [2.05, 4.69) is 0 Å². The summed E-state index contributed by atoms with van der Waals surface area (Å²) in [6, 6.07) is 0. The number of carbonyl (C=O) groups excluding carboxylic acids is 1. The highest BCUT2D eigenvalue weighted by Crippen LogP contribution is 2.39. The first-order chi connectivity index (χ1) is 5.63. The second kappa shape index (κ2) is 2.33. The molecule has 0 amide bonds. The van der Waals surface area contributed by atoms with Crippen LogP contribution in [-0.4, -0.2) is 18.4 Å². The fraction of sp³-hybridized carbons (Fsp3) is 0.667. The van der Waals surface area contributed by atoms with E-state index in [1.54, 1.807) is 6.92 Å². The molecule has 1 fully saturated rings. The van der Waals surface area contributed by atoms with Gasteiger partial charge in [0.05, 0.1) is 6.61 Å². The number of ether oxygens (including phenoxy) is 2. The fourth-order valence-corrected chi connectivity index (χ4v) is 1.83. The largest absolute Gasteiger partial charge is 0.426 e. The first-order valence-electron chi connectivity index (χ1n) is 4.21. The van der Waals surface area contributed by atoms with Crippen LogP contribution in [0.25, 0.3) is 0 Å². The number of esters is 1. The summed E-state index contributed by atoms with van der Waals surface area (Å²) in [6.07, 6.45) is 1.91. The Labute approximate surface area is 71.3 Å². The second-order valence-electron chi connectivity index (χ2n) is 3.39. The molecular weight excluding hydrogens is 156 g/mol. The van der Waals surface area contributed by atoms with Crippen LogP contribution in [0.5, 0.6) is 0 Å². The molecule has 1 saturated heterocycles. The van der Waals surface area contributed by atoms with Crippen molar-refractivity contribution in [2.24, 2.45) is 0 Å². The van der Waals surface area contributed by atoms with Crippen molar-refractivity contribution in [2.75, 3.05) is 6.61 Å². The first-order valence-corrected chi connectivity index (χ1v) is 4.21. The van der Waals surface area contributed by atoms with Gasteiger partial charge >= 0.3 is 5.97 Å². The molecule has 0 N–H and O–H groups in total. The minimum atomic E-state index is -0.737. The number of rotatable bonds is 0. The third-order valence-corrected chi connectivity index (χ3v) is 2.54. The number of carbonyl (C=O) groups is 1. The molecular formula is C9H12O3. The maximum Gasteiger partial charge on any atom is 0.336 e. The van der Waals surface area contributed by atoms with Crippen LogP contribution in [0.4, 0.5) is 0 Å². The van der Waals surface area contributed by atoms with Crippen LogP contribution in [0.3, 0.4) is 0 Å². The predicted octanol–water partition coefficient (Wildman–Crippen LogP) is 1.39. The fourth-order valence-electron chi connectivity index (χ4n) is 1.83. The summed E-state index contributed by atoms with van der Waals surface area (Å²) in [5.41, 5.74) is 1.76. The maximum absolute atomic E-state index is 11.2. The summed E-state index contributed by atoms with van der Waals surface area (Å²) in [5.74, 6) is -0.964. The highest BCUT2D eigenvalue weighted by molar-refractivity contribution is 5.92. The van der Waals surface area contributed by atoms with E-state index in [1.807, 2.05) is 6.92 Å². The van der Waals surface area contributed by atoms with Gasteiger partial charge in [0.1, 0.15) is 0 Å². The number of hydrogen-bond acceptors (Lipinski definition) is 3. The van der Waals surface area contributed by atoms with Crippen molar-refractivity contribution in [3.05, 3.63) is 11.1 Å². The standard InChI is InChI=1S/C9H12O3/c1-6-7-4-3-5-11-9(7,2)12-8(6)10/h3-5H2,1-2H3/t9-/m0/s1. The highest BCUT2D eigenvalue weighted by Gasteiger charge is 2.44. The molecule has 0 unspecified atom stereocenters. The lowest BCUT2D eigenvalue weighted by Gasteiger charge is -2.30. The lowest BCUT2D eigenvalue weighted by Crippen LogP contribution is -2.35. The van der Waals surface area contributed by atoms with Gasteiger partial charge in [-0.15, -0.1) is 0 Å². The van der Waals surface area contributed by atoms with E-state index in [1.165, 1.54) is 0 Å². The third kappa shape index (κ3) is 0.894. The molecule has 2 aliphatic heterocycles. The van der Waals surface area contributed by atoms with E-state index in [0.717, 1.165) is 24.0 Å². The van der Waals surface area contributed by atoms with Crippen LogP contribution in [0.2, 0.25) is 0 Å². The molecule has 0 bridgehead atoms. The van der Waals surface area contributed by atoms with E-state index in [4.69, 9.17) is 9.47 Å². The molecule has 2 heterocycles. The average molecular weight is 168 g/mol. The molecule has 2 aliphatic rings. The van der Waals surface area contributed by atoms with Crippen molar-refractivity contribution in [1.82, 2.24) is 0 Å². The maximum atomic E-state index is 11.2. The topological polar surface area (TPSA) is 35.5 Å². The molecule has 0 spiro atoms. The number of hydrogen-bond donors (Lipinski definition) is 0. The SMILES string of the molecule is CC1=C2CCCO[C@@]2(C)OC1=O. The Morgan fingerprint density at radius 1 is 1.50 bits per heavy atom. The average Bonchev–Trinajstić information content (AvgIpc) is 2.24. The zero-order valence-corrected chi connectivity index (χ0v) is 7.35. The Kier molecular flexibility index (Phi) is 1.51. The normalized spacial score (nSPS) is 35.0. The van der Waals surface area contributed by atoms with Crippen LogP contribution < -0.4 is 0 Å². The van der Waals surface area contributed by atoms with Gasteiger partial charge < -0.3 is 9.47 Å². The molecule has 2 rings (SSSR count). The Morgan fingerprint density at radius 3 is 2.92 bits per heavy atom. The van der Waals surface area contributed by atoms with Crippen molar-refractivity contribution in [2.45, 2.75) is 32.5 Å². The highest BCUT2D eigenvalue weighted by atomic mass is 16.7. The van der Waals surface area contributed by atoms with Gasteiger partial charge in [-0.2, -0.15) is 0 Å². The van der Waals surface area contributed by atoms with Crippen molar-refractivity contribution in [3.8, 4) is 0 Å². The van der Waals surface area contributed by atoms with Crippen LogP contribution in [0, 0.1) is 0 Å². The van der Waals surface area contributed by atoms with Crippen LogP contribution >= 0.6 is 0 Å². The molecule has 12 heavy (non-hydrogen) atoms. The van der Waals surface area contributed by atoms with E-state index in [9.17, 15) is 4.79 Å². The zero-order chi connectivity index (χ0) is 8.77. The molecule has 0 aromatic rings. The van der Waals surface area contributed by atoms with Crippen molar-refractivity contribution in [3.63, 3.8) is 0 Å². The van der Waals surface area contributed by atoms with Crippen LogP contribution in [-0.2, 0) is 14.3 Å². The van der Waals surface area contributed by atoms with Crippen molar-refractivity contribution in [1.29, 1.82) is 0 Å². The molecule has 3 heteroatoms. The lowest BCUT2D eigenvalue weighted by molar-refractivity contribution is -0.201. The van der Waals surface area contributed by atoms with Gasteiger partial charge in [-0.3, -0.25) is 0 Å². The quantitative estimate of drug-likeness (QED) is 0.513. The number of fused-ring (bicyclic) bond motifs is 1. The van der Waals surface area contributed by atoms with Crippen LogP contribution in [0.15, 0.2) is 11.1 Å². The summed E-state index contributed by atoms with van der Waals surface area (Å²) in [6.45, 7) is 4.30. The smallest absolute Gasteiger partial charge is 0.336 e. The van der Waals surface area contributed by atoms with Crippen molar-refractivity contribution < 1.29 is 14.3 Å². The zero-order valence-electron chi connectivity index (χ0n) is 7.35. The van der Waals surface area contributed by atoms with Gasteiger partial charge in [0, 0.05) is 18.1 Å². The van der Waals surface area contributed by atoms with Gasteiger partial charge in [0.2, 0.25) is 5.79 Å². The first kappa shape index (κ1) is 7.80. The van der Waals surface area contributed by atoms with Crippen molar-refractivity contribution >= 4 is 5.97 Å². The molecule has 0 aliphatic carbocycles. The molecule has 0 aromatic carbocycles. The second-order valence-corrected chi connectivity index (χ2v) is 3.39. The lowest BCUT2D eigenvalue weighted by atomic mass is 9.97. The summed E-state index contributed by atoms with van der Waals surface area (Å²) >= 11 is 0. The molecule has 0 radical (unpaired) electrons. The minimum absolute atomic E-state index is 0.227. The van der Waals surface area contributed by atoms with Crippen LogP contribution in [0.1, 0.15) is 26.7 Å². The van der Waals surface area contributed by atoms with E-state index in [0.29, 0.717) is 6.61 Å². The molecule has 66 valence electrons. The Balaban J connectivity index is 2.40. The monoisotopic (exact) mass is 168 g/mol. The Morgan fingerprint density at radius 2 is 2.25 bits per heavy atom. The van der Waals surface area contributed by atoms with E-state index >= 15 is 0 Å². The van der Waals surface area contributed by atoms with E-state index < -0.39 is 5.79 Å². The summed E-state index contributed by atoms with van der Waals surface area (Å²) < 4.78 is 10.6. The summed E-state index contributed by atoms with van der Waals surface area (Å²) in [4.78, 5) is 11.2. The van der Waals surface area contributed by atoms with Gasteiger partial charge in [0.15, 0.2) is 0 Å². The Bertz CT molecular complexity index is 267. The summed E-state index contributed by atoms with van der Waals surface area (Å²) in [7, 11) is 0. The third-order valence-electron chi connectivity index (χ3n) is 2.54. The summed E-state index contributed by atoms with van der Waals surface area (Å²) in [5, 5.41) is 0. The predicted molar refractivity (Wildman–Crippen MR) is 42.4 cm³/mol. The minimum Gasteiger partial charge on any atom is -0.426 e. The van der Waals surface area contributed by atoms with Gasteiger partial charge in [-0.1, -0.05) is 0 Å². The molecule has 1 atom stereocenters. The molecule has 0 saturated carbocycles. The van der Waals surface area contributed by atoms with Gasteiger partial charge in [-0.25, -0.2) is 4.79 Å². The van der Waals surface area contributed by atoms with Gasteiger partial charge in [0.25, 0.3) is 0 Å². The molecule has 0 aromatic heterocycles. The molecule has 3 nitrogen and oxygen atoms in total. The Hall–Kier alpha value is -0.830.